The Bertz CT molecular complexity index is 376. The van der Waals surface area contributed by atoms with Crippen LogP contribution in [-0.2, 0) is 4.79 Å². The van der Waals surface area contributed by atoms with Crippen LogP contribution in [0.2, 0.25) is 4.34 Å². The number of hydrogen-bond donors (Lipinski definition) is 2. The van der Waals surface area contributed by atoms with Gasteiger partial charge in [0.1, 0.15) is 15.4 Å². The van der Waals surface area contributed by atoms with E-state index in [1.165, 1.54) is 24.2 Å². The van der Waals surface area contributed by atoms with E-state index in [1.807, 2.05) is 0 Å². The second-order valence-corrected chi connectivity index (χ2v) is 5.68. The van der Waals surface area contributed by atoms with E-state index in [1.54, 1.807) is 6.20 Å². The Hall–Kier alpha value is -0.650. The number of aromatic nitrogens is 1. The fraction of sp³-hybridized carbons (Fsp3) is 0.600. The summed E-state index contributed by atoms with van der Waals surface area (Å²) in [6, 6.07) is -0.124. The van der Waals surface area contributed by atoms with Crippen molar-refractivity contribution in [3.8, 4) is 0 Å². The van der Waals surface area contributed by atoms with Crippen molar-refractivity contribution in [3.63, 3.8) is 0 Å². The first kappa shape index (κ1) is 11.8. The second kappa shape index (κ2) is 5.12. The lowest BCUT2D eigenvalue weighted by atomic mass is 10.2. The van der Waals surface area contributed by atoms with E-state index in [-0.39, 0.29) is 0 Å². The molecule has 0 aliphatic heterocycles. The molecular formula is C10H14ClN3OS. The smallest absolute Gasteiger partial charge is 0.241 e. The number of nitrogens with two attached hydrogens (primary N) is 1. The molecule has 1 fully saturated rings. The summed E-state index contributed by atoms with van der Waals surface area (Å²) in [5, 5.41) is 3.92. The van der Waals surface area contributed by atoms with E-state index >= 15 is 0 Å². The average Bonchev–Trinajstić information content (AvgIpc) is 2.84. The van der Waals surface area contributed by atoms with Crippen LogP contribution in [0, 0.1) is 0 Å². The third-order valence-corrected chi connectivity index (χ3v) is 3.96. The predicted molar refractivity (Wildman–Crippen MR) is 64.5 cm³/mol. The van der Waals surface area contributed by atoms with E-state index in [9.17, 15) is 4.79 Å². The van der Waals surface area contributed by atoms with E-state index in [2.05, 4.69) is 10.3 Å². The molecular weight excluding hydrogens is 246 g/mol. The van der Waals surface area contributed by atoms with Crippen LogP contribution >= 0.6 is 22.9 Å². The highest BCUT2D eigenvalue weighted by molar-refractivity contribution is 7.16. The van der Waals surface area contributed by atoms with Crippen LogP contribution in [0.15, 0.2) is 6.20 Å². The first-order valence-electron chi connectivity index (χ1n) is 5.33. The third-order valence-electron chi connectivity index (χ3n) is 2.78. The average molecular weight is 260 g/mol. The highest BCUT2D eigenvalue weighted by Gasteiger charge is 2.26. The van der Waals surface area contributed by atoms with Gasteiger partial charge >= 0.3 is 0 Å². The number of carbonyl (C=O) groups excluding carboxylic acids is 1. The zero-order chi connectivity index (χ0) is 11.5. The SMILES string of the molecule is NC(=O)C(NC1CCCC1)c1ncc(Cl)s1. The summed E-state index contributed by atoms with van der Waals surface area (Å²) < 4.78 is 0.578. The molecule has 1 aromatic heterocycles. The molecule has 1 atom stereocenters. The summed E-state index contributed by atoms with van der Waals surface area (Å²) in [6.45, 7) is 0. The molecule has 1 saturated carbocycles. The van der Waals surface area contributed by atoms with Crippen LogP contribution in [0.4, 0.5) is 0 Å². The molecule has 1 unspecified atom stereocenters. The van der Waals surface area contributed by atoms with Gasteiger partial charge in [0.25, 0.3) is 0 Å². The molecule has 0 bridgehead atoms. The van der Waals surface area contributed by atoms with Crippen molar-refractivity contribution >= 4 is 28.8 Å². The minimum absolute atomic E-state index is 0.375. The highest BCUT2D eigenvalue weighted by Crippen LogP contribution is 2.26. The topological polar surface area (TPSA) is 68.0 Å². The molecule has 0 saturated heterocycles. The number of amides is 1. The summed E-state index contributed by atoms with van der Waals surface area (Å²) in [5.74, 6) is -0.391. The minimum atomic E-state index is -0.499. The molecule has 1 aliphatic rings. The van der Waals surface area contributed by atoms with Crippen molar-refractivity contribution < 1.29 is 4.79 Å². The van der Waals surface area contributed by atoms with Gasteiger partial charge in [-0.2, -0.15) is 0 Å². The normalized spacial score (nSPS) is 18.8. The number of carbonyl (C=O) groups is 1. The number of nitrogens with zero attached hydrogens (tertiary/aromatic N) is 1. The summed E-state index contributed by atoms with van der Waals surface area (Å²) in [7, 11) is 0. The maximum Gasteiger partial charge on any atom is 0.241 e. The fourth-order valence-corrected chi connectivity index (χ4v) is 3.00. The monoisotopic (exact) mass is 259 g/mol. The van der Waals surface area contributed by atoms with Crippen molar-refractivity contribution in [2.45, 2.75) is 37.8 Å². The summed E-state index contributed by atoms with van der Waals surface area (Å²) in [6.07, 6.45) is 6.17. The zero-order valence-electron chi connectivity index (χ0n) is 8.78. The molecule has 1 aromatic rings. The summed E-state index contributed by atoms with van der Waals surface area (Å²) in [4.78, 5) is 15.5. The van der Waals surface area contributed by atoms with Gasteiger partial charge in [-0.1, -0.05) is 24.4 Å². The second-order valence-electron chi connectivity index (χ2n) is 3.99. The Morgan fingerprint density at radius 2 is 2.31 bits per heavy atom. The van der Waals surface area contributed by atoms with Gasteiger partial charge < -0.3 is 5.73 Å². The van der Waals surface area contributed by atoms with Gasteiger partial charge in [0, 0.05) is 6.04 Å². The predicted octanol–water partition coefficient (Wildman–Crippen LogP) is 1.86. The number of nitrogens with one attached hydrogen (secondary N) is 1. The van der Waals surface area contributed by atoms with Crippen molar-refractivity contribution in [1.82, 2.24) is 10.3 Å². The van der Waals surface area contributed by atoms with Crippen LogP contribution in [0.5, 0.6) is 0 Å². The van der Waals surface area contributed by atoms with Crippen LogP contribution in [0.1, 0.15) is 36.7 Å². The Labute approximate surface area is 103 Å². The molecule has 1 aliphatic carbocycles. The molecule has 1 heterocycles. The van der Waals surface area contributed by atoms with Gasteiger partial charge in [0.15, 0.2) is 0 Å². The number of halogens is 1. The molecule has 6 heteroatoms. The van der Waals surface area contributed by atoms with E-state index in [0.717, 1.165) is 12.8 Å². The van der Waals surface area contributed by atoms with Crippen molar-refractivity contribution in [2.75, 3.05) is 0 Å². The van der Waals surface area contributed by atoms with Gasteiger partial charge in [0.2, 0.25) is 5.91 Å². The standard InChI is InChI=1S/C10H14ClN3OS/c11-7-5-13-10(16-7)8(9(12)15)14-6-3-1-2-4-6/h5-6,8,14H,1-4H2,(H2,12,15). The Balaban J connectivity index is 2.07. The molecule has 3 N–H and O–H groups in total. The maximum atomic E-state index is 11.4. The number of hydrogen-bond acceptors (Lipinski definition) is 4. The maximum absolute atomic E-state index is 11.4. The highest BCUT2D eigenvalue weighted by atomic mass is 35.5. The lowest BCUT2D eigenvalue weighted by Crippen LogP contribution is -2.38. The molecule has 4 nitrogen and oxygen atoms in total. The van der Waals surface area contributed by atoms with Gasteiger partial charge in [-0.25, -0.2) is 4.98 Å². The van der Waals surface area contributed by atoms with Gasteiger partial charge in [-0.05, 0) is 12.8 Å². The number of rotatable bonds is 4. The zero-order valence-corrected chi connectivity index (χ0v) is 10.4. The number of primary amides is 1. The van der Waals surface area contributed by atoms with E-state index < -0.39 is 11.9 Å². The van der Waals surface area contributed by atoms with Crippen LogP contribution in [-0.4, -0.2) is 16.9 Å². The Morgan fingerprint density at radius 3 is 2.81 bits per heavy atom. The third kappa shape index (κ3) is 2.72. The quantitative estimate of drug-likeness (QED) is 0.867. The molecule has 16 heavy (non-hydrogen) atoms. The van der Waals surface area contributed by atoms with E-state index in [0.29, 0.717) is 15.4 Å². The van der Waals surface area contributed by atoms with Gasteiger partial charge in [-0.3, -0.25) is 10.1 Å². The van der Waals surface area contributed by atoms with Crippen LogP contribution in [0.3, 0.4) is 0 Å². The molecule has 0 spiro atoms. The molecule has 1 amide bonds. The van der Waals surface area contributed by atoms with Crippen LogP contribution < -0.4 is 11.1 Å². The summed E-state index contributed by atoms with van der Waals surface area (Å²) in [5.41, 5.74) is 5.38. The Morgan fingerprint density at radius 1 is 1.62 bits per heavy atom. The van der Waals surface area contributed by atoms with Crippen LogP contribution in [0.25, 0.3) is 0 Å². The largest absolute Gasteiger partial charge is 0.368 e. The van der Waals surface area contributed by atoms with Gasteiger partial charge in [-0.15, -0.1) is 11.3 Å². The number of thiazole rings is 1. The van der Waals surface area contributed by atoms with Crippen molar-refractivity contribution in [2.24, 2.45) is 5.73 Å². The molecule has 0 aromatic carbocycles. The van der Waals surface area contributed by atoms with E-state index in [4.69, 9.17) is 17.3 Å². The lowest BCUT2D eigenvalue weighted by Gasteiger charge is -2.18. The van der Waals surface area contributed by atoms with Gasteiger partial charge in [0.05, 0.1) is 6.20 Å². The van der Waals surface area contributed by atoms with Crippen molar-refractivity contribution in [3.05, 3.63) is 15.5 Å². The first-order valence-corrected chi connectivity index (χ1v) is 6.53. The summed E-state index contributed by atoms with van der Waals surface area (Å²) >= 11 is 7.10. The fourth-order valence-electron chi connectivity index (χ4n) is 2.00. The first-order chi connectivity index (χ1) is 7.66. The Kier molecular flexibility index (Phi) is 3.78. The molecule has 2 rings (SSSR count). The molecule has 88 valence electrons. The van der Waals surface area contributed by atoms with Crippen molar-refractivity contribution in [1.29, 1.82) is 0 Å². The lowest BCUT2D eigenvalue weighted by molar-refractivity contribution is -0.120. The minimum Gasteiger partial charge on any atom is -0.368 e. The molecule has 0 radical (unpaired) electrons.